The van der Waals surface area contributed by atoms with Crippen LogP contribution in [0.15, 0.2) is 18.3 Å². The van der Waals surface area contributed by atoms with E-state index in [9.17, 15) is 4.79 Å². The Kier molecular flexibility index (Phi) is 3.33. The van der Waals surface area contributed by atoms with Crippen LogP contribution in [0.25, 0.3) is 10.7 Å². The Labute approximate surface area is 105 Å². The fourth-order valence-corrected chi connectivity index (χ4v) is 2.60. The van der Waals surface area contributed by atoms with E-state index in [-0.39, 0.29) is 5.78 Å². The number of hydrogen-bond acceptors (Lipinski definition) is 4. The van der Waals surface area contributed by atoms with E-state index in [1.54, 1.807) is 18.3 Å². The minimum atomic E-state index is 0.0245. The van der Waals surface area contributed by atoms with E-state index in [2.05, 4.69) is 9.97 Å². The van der Waals surface area contributed by atoms with Gasteiger partial charge in [-0.2, -0.15) is 0 Å². The number of rotatable bonds is 3. The molecule has 0 aromatic carbocycles. The second kappa shape index (κ2) is 4.75. The number of carbonyl (C=O) groups is 1. The summed E-state index contributed by atoms with van der Waals surface area (Å²) in [5.41, 5.74) is 2.55. The van der Waals surface area contributed by atoms with Crippen molar-refractivity contribution in [2.24, 2.45) is 0 Å². The maximum absolute atomic E-state index is 11.4. The summed E-state index contributed by atoms with van der Waals surface area (Å²) in [7, 11) is 0. The molecule has 3 nitrogen and oxygen atoms in total. The summed E-state index contributed by atoms with van der Waals surface area (Å²) in [4.78, 5) is 21.2. The lowest BCUT2D eigenvalue weighted by Crippen LogP contribution is -1.96. The van der Waals surface area contributed by atoms with Crippen LogP contribution < -0.4 is 0 Å². The lowest BCUT2D eigenvalue weighted by molar-refractivity contribution is 0.101. The first kappa shape index (κ1) is 11.9. The third-order valence-corrected chi connectivity index (χ3v) is 3.70. The van der Waals surface area contributed by atoms with Crippen LogP contribution in [-0.2, 0) is 6.42 Å². The zero-order valence-electron chi connectivity index (χ0n) is 10.2. The van der Waals surface area contributed by atoms with Gasteiger partial charge in [-0.1, -0.05) is 13.0 Å². The lowest BCUT2D eigenvalue weighted by Gasteiger charge is -1.95. The Morgan fingerprint density at radius 1 is 1.41 bits per heavy atom. The molecule has 0 aliphatic heterocycles. The summed E-state index contributed by atoms with van der Waals surface area (Å²) in [6, 6.07) is 3.94. The molecule has 0 spiro atoms. The monoisotopic (exact) mass is 246 g/mol. The van der Waals surface area contributed by atoms with E-state index in [0.717, 1.165) is 27.6 Å². The maximum Gasteiger partial charge on any atom is 0.179 e. The van der Waals surface area contributed by atoms with E-state index in [0.29, 0.717) is 5.69 Å². The van der Waals surface area contributed by atoms with Gasteiger partial charge in [0.15, 0.2) is 5.78 Å². The highest BCUT2D eigenvalue weighted by Crippen LogP contribution is 2.27. The summed E-state index contributed by atoms with van der Waals surface area (Å²) >= 11 is 1.55. The third kappa shape index (κ3) is 2.42. The normalized spacial score (nSPS) is 10.5. The number of aryl methyl sites for hydroxylation is 2. The fraction of sp³-hybridized carbons (Fsp3) is 0.308. The van der Waals surface area contributed by atoms with Gasteiger partial charge in [-0.3, -0.25) is 9.78 Å². The minimum absolute atomic E-state index is 0.0245. The second-order valence-corrected chi connectivity index (χ2v) is 5.00. The van der Waals surface area contributed by atoms with Gasteiger partial charge in [-0.25, -0.2) is 4.98 Å². The standard InChI is InChI=1S/C13H14N2OS/c1-4-11-12(9(3)16)15-13(17-11)10-6-5-8(2)7-14-10/h5-7H,4H2,1-3H3. The van der Waals surface area contributed by atoms with Crippen LogP contribution in [0.4, 0.5) is 0 Å². The zero-order valence-corrected chi connectivity index (χ0v) is 11.0. The molecule has 0 radical (unpaired) electrons. The molecule has 4 heteroatoms. The van der Waals surface area contributed by atoms with Gasteiger partial charge < -0.3 is 0 Å². The van der Waals surface area contributed by atoms with Crippen LogP contribution in [0, 0.1) is 6.92 Å². The summed E-state index contributed by atoms with van der Waals surface area (Å²) in [6.45, 7) is 5.59. The van der Waals surface area contributed by atoms with Crippen LogP contribution >= 0.6 is 11.3 Å². The summed E-state index contributed by atoms with van der Waals surface area (Å²) in [5.74, 6) is 0.0245. The number of nitrogens with zero attached hydrogens (tertiary/aromatic N) is 2. The molecular formula is C13H14N2OS. The van der Waals surface area contributed by atoms with Crippen molar-refractivity contribution in [3.05, 3.63) is 34.5 Å². The summed E-state index contributed by atoms with van der Waals surface area (Å²) < 4.78 is 0. The van der Waals surface area contributed by atoms with Crippen LogP contribution in [0.2, 0.25) is 0 Å². The van der Waals surface area contributed by atoms with Crippen molar-refractivity contribution < 1.29 is 4.79 Å². The quantitative estimate of drug-likeness (QED) is 0.780. The molecule has 0 fully saturated rings. The van der Waals surface area contributed by atoms with E-state index in [4.69, 9.17) is 0 Å². The van der Waals surface area contributed by atoms with Crippen molar-refractivity contribution in [3.63, 3.8) is 0 Å². The number of Topliss-reactive ketones (excluding diaryl/α,β-unsaturated/α-hetero) is 1. The van der Waals surface area contributed by atoms with Crippen molar-refractivity contribution >= 4 is 17.1 Å². The van der Waals surface area contributed by atoms with Gasteiger partial charge in [0.05, 0.1) is 5.69 Å². The smallest absolute Gasteiger partial charge is 0.179 e. The summed E-state index contributed by atoms with van der Waals surface area (Å²) in [5, 5.41) is 0.826. The van der Waals surface area contributed by atoms with Gasteiger partial charge in [0.1, 0.15) is 10.7 Å². The minimum Gasteiger partial charge on any atom is -0.293 e. The first-order chi connectivity index (χ1) is 8.11. The lowest BCUT2D eigenvalue weighted by atomic mass is 10.2. The Morgan fingerprint density at radius 3 is 2.65 bits per heavy atom. The first-order valence-corrected chi connectivity index (χ1v) is 6.37. The van der Waals surface area contributed by atoms with E-state index in [1.807, 2.05) is 32.2 Å². The molecule has 2 aromatic heterocycles. The van der Waals surface area contributed by atoms with E-state index < -0.39 is 0 Å². The Balaban J connectivity index is 2.46. The van der Waals surface area contributed by atoms with Crippen molar-refractivity contribution in [3.8, 4) is 10.7 Å². The van der Waals surface area contributed by atoms with E-state index in [1.165, 1.54) is 0 Å². The van der Waals surface area contributed by atoms with Crippen LogP contribution in [-0.4, -0.2) is 15.8 Å². The fourth-order valence-electron chi connectivity index (χ4n) is 1.57. The van der Waals surface area contributed by atoms with E-state index >= 15 is 0 Å². The van der Waals surface area contributed by atoms with Crippen molar-refractivity contribution in [1.82, 2.24) is 9.97 Å². The molecule has 2 rings (SSSR count). The number of thiazole rings is 1. The topological polar surface area (TPSA) is 42.9 Å². The molecular weight excluding hydrogens is 232 g/mol. The molecule has 2 aromatic rings. The zero-order chi connectivity index (χ0) is 12.4. The SMILES string of the molecule is CCc1sc(-c2ccc(C)cn2)nc1C(C)=O. The highest BCUT2D eigenvalue weighted by Gasteiger charge is 2.15. The molecule has 88 valence electrons. The molecule has 0 aliphatic rings. The van der Waals surface area contributed by atoms with Crippen LogP contribution in [0.5, 0.6) is 0 Å². The third-order valence-electron chi connectivity index (χ3n) is 2.48. The highest BCUT2D eigenvalue weighted by molar-refractivity contribution is 7.15. The average molecular weight is 246 g/mol. The molecule has 0 unspecified atom stereocenters. The number of pyridine rings is 1. The Morgan fingerprint density at radius 2 is 2.18 bits per heavy atom. The number of ketones is 1. The molecule has 17 heavy (non-hydrogen) atoms. The second-order valence-electron chi connectivity index (χ2n) is 3.92. The average Bonchev–Trinajstić information content (AvgIpc) is 2.74. The molecule has 0 atom stereocenters. The Hall–Kier alpha value is -1.55. The predicted molar refractivity (Wildman–Crippen MR) is 69.5 cm³/mol. The van der Waals surface area contributed by atoms with Gasteiger partial charge in [-0.05, 0) is 25.0 Å². The summed E-state index contributed by atoms with van der Waals surface area (Å²) in [6.07, 6.45) is 2.65. The van der Waals surface area contributed by atoms with Crippen LogP contribution in [0.3, 0.4) is 0 Å². The number of hydrogen-bond donors (Lipinski definition) is 0. The highest BCUT2D eigenvalue weighted by atomic mass is 32.1. The largest absolute Gasteiger partial charge is 0.293 e. The van der Waals surface area contributed by atoms with Gasteiger partial charge in [0.2, 0.25) is 0 Å². The molecule has 0 N–H and O–H groups in total. The molecule has 0 bridgehead atoms. The number of aromatic nitrogens is 2. The van der Waals surface area contributed by atoms with Gasteiger partial charge in [-0.15, -0.1) is 11.3 Å². The van der Waals surface area contributed by atoms with Crippen LogP contribution in [0.1, 0.15) is 34.8 Å². The molecule has 0 saturated carbocycles. The molecule has 2 heterocycles. The van der Waals surface area contributed by atoms with Gasteiger partial charge in [0, 0.05) is 18.0 Å². The van der Waals surface area contributed by atoms with Gasteiger partial charge in [0.25, 0.3) is 0 Å². The molecule has 0 saturated heterocycles. The van der Waals surface area contributed by atoms with Crippen molar-refractivity contribution in [2.75, 3.05) is 0 Å². The van der Waals surface area contributed by atoms with Crippen molar-refractivity contribution in [1.29, 1.82) is 0 Å². The molecule has 0 amide bonds. The predicted octanol–water partition coefficient (Wildman–Crippen LogP) is 3.28. The van der Waals surface area contributed by atoms with Crippen molar-refractivity contribution in [2.45, 2.75) is 27.2 Å². The Bertz CT molecular complexity index is 543. The number of carbonyl (C=O) groups excluding carboxylic acids is 1. The first-order valence-electron chi connectivity index (χ1n) is 5.55. The maximum atomic E-state index is 11.4. The molecule has 0 aliphatic carbocycles. The van der Waals surface area contributed by atoms with Gasteiger partial charge >= 0.3 is 0 Å².